The average molecular weight is 338 g/mol. The van der Waals surface area contributed by atoms with Crippen molar-refractivity contribution >= 4 is 11.5 Å². The Bertz CT molecular complexity index is 689. The maximum atomic E-state index is 10.7. The molecule has 0 unspecified atom stereocenters. The van der Waals surface area contributed by atoms with E-state index in [0.29, 0.717) is 13.2 Å². The zero-order valence-electron chi connectivity index (χ0n) is 14.4. The van der Waals surface area contributed by atoms with Gasteiger partial charge in [0.05, 0.1) is 13.2 Å². The molecule has 0 aliphatic rings. The predicted molar refractivity (Wildman–Crippen MR) is 99.1 cm³/mol. The Morgan fingerprint density at radius 1 is 0.880 bits per heavy atom. The van der Waals surface area contributed by atoms with E-state index in [1.54, 1.807) is 6.08 Å². The van der Waals surface area contributed by atoms with Gasteiger partial charge in [-0.2, -0.15) is 0 Å². The van der Waals surface area contributed by atoms with E-state index in [1.807, 2.05) is 62.4 Å². The van der Waals surface area contributed by atoms with Crippen LogP contribution in [-0.4, -0.2) is 24.3 Å². The number of carboxylic acid groups (broad SMARTS) is 1. The largest absolute Gasteiger partial charge is 0.494 e. The summed E-state index contributed by atoms with van der Waals surface area (Å²) in [5, 5.41) is 8.81. The number of benzene rings is 2. The Kier molecular flexibility index (Phi) is 6.84. The highest BCUT2D eigenvalue weighted by Gasteiger charge is 2.06. The molecule has 1 N–H and O–H groups in total. The number of ether oxygens (including phenoxy) is 2. The molecule has 0 aliphatic heterocycles. The van der Waals surface area contributed by atoms with Crippen LogP contribution >= 0.6 is 0 Å². The molecular weight excluding hydrogens is 316 g/mol. The lowest BCUT2D eigenvalue weighted by atomic mass is 9.97. The first kappa shape index (κ1) is 18.3. The summed E-state index contributed by atoms with van der Waals surface area (Å²) >= 11 is 0. The maximum Gasteiger partial charge on any atom is 0.328 e. The SMILES string of the molecule is CCOc1ccc(C(=C/C=C/C(=O)O)c2ccc(OCC)cc2)cc1. The Hall–Kier alpha value is -3.01. The first-order valence-corrected chi connectivity index (χ1v) is 8.21. The summed E-state index contributed by atoms with van der Waals surface area (Å²) in [6.45, 7) is 5.11. The standard InChI is InChI=1S/C21H22O4/c1-3-24-18-12-8-16(9-13-18)20(6-5-7-21(22)23)17-10-14-19(15-11-17)25-4-2/h5-15H,3-4H2,1-2H3,(H,22,23)/b7-5+. The number of hydrogen-bond acceptors (Lipinski definition) is 3. The van der Waals surface area contributed by atoms with Crippen molar-refractivity contribution in [3.8, 4) is 11.5 Å². The highest BCUT2D eigenvalue weighted by Crippen LogP contribution is 2.27. The minimum atomic E-state index is -0.978. The molecule has 0 radical (unpaired) electrons. The van der Waals surface area contributed by atoms with Crippen LogP contribution in [0.3, 0.4) is 0 Å². The van der Waals surface area contributed by atoms with Gasteiger partial charge in [0, 0.05) is 6.08 Å². The van der Waals surface area contributed by atoms with Crippen LogP contribution in [0.5, 0.6) is 11.5 Å². The molecule has 0 saturated heterocycles. The summed E-state index contributed by atoms with van der Waals surface area (Å²) < 4.78 is 10.9. The fraction of sp³-hybridized carbons (Fsp3) is 0.190. The summed E-state index contributed by atoms with van der Waals surface area (Å²) in [6.07, 6.45) is 4.44. The van der Waals surface area contributed by atoms with E-state index in [4.69, 9.17) is 14.6 Å². The quantitative estimate of drug-likeness (QED) is 0.566. The lowest BCUT2D eigenvalue weighted by Gasteiger charge is -2.11. The third kappa shape index (κ3) is 5.53. The zero-order chi connectivity index (χ0) is 18.1. The Morgan fingerprint density at radius 3 is 1.68 bits per heavy atom. The molecule has 0 bridgehead atoms. The van der Waals surface area contributed by atoms with E-state index in [0.717, 1.165) is 34.3 Å². The molecule has 0 heterocycles. The average Bonchev–Trinajstić information content (AvgIpc) is 2.61. The van der Waals surface area contributed by atoms with E-state index < -0.39 is 5.97 Å². The topological polar surface area (TPSA) is 55.8 Å². The second-order valence-electron chi connectivity index (χ2n) is 5.19. The second kappa shape index (κ2) is 9.33. The van der Waals surface area contributed by atoms with Gasteiger partial charge in [-0.1, -0.05) is 36.4 Å². The van der Waals surface area contributed by atoms with Gasteiger partial charge in [0.1, 0.15) is 11.5 Å². The number of aliphatic carboxylic acids is 1. The Labute approximate surface area is 148 Å². The van der Waals surface area contributed by atoms with Gasteiger partial charge < -0.3 is 14.6 Å². The normalized spacial score (nSPS) is 10.5. The first-order valence-electron chi connectivity index (χ1n) is 8.21. The van der Waals surface area contributed by atoms with Crippen molar-refractivity contribution in [2.75, 3.05) is 13.2 Å². The third-order valence-corrected chi connectivity index (χ3v) is 3.45. The van der Waals surface area contributed by atoms with Gasteiger partial charge in [-0.05, 0) is 54.8 Å². The predicted octanol–water partition coefficient (Wildman–Crippen LogP) is 4.56. The molecular formula is C21H22O4. The molecule has 0 spiro atoms. The van der Waals surface area contributed by atoms with Crippen LogP contribution in [0.25, 0.3) is 5.57 Å². The highest BCUT2D eigenvalue weighted by atomic mass is 16.5. The number of rotatable bonds is 8. The molecule has 2 aromatic rings. The molecule has 0 fully saturated rings. The van der Waals surface area contributed by atoms with Crippen LogP contribution in [0.1, 0.15) is 25.0 Å². The van der Waals surface area contributed by atoms with Crippen LogP contribution in [-0.2, 0) is 4.79 Å². The molecule has 4 heteroatoms. The van der Waals surface area contributed by atoms with Gasteiger partial charge >= 0.3 is 5.97 Å². The minimum absolute atomic E-state index is 0.613. The minimum Gasteiger partial charge on any atom is -0.494 e. The van der Waals surface area contributed by atoms with Gasteiger partial charge in [0.15, 0.2) is 0 Å². The molecule has 0 atom stereocenters. The van der Waals surface area contributed by atoms with Crippen molar-refractivity contribution in [1.82, 2.24) is 0 Å². The van der Waals surface area contributed by atoms with Gasteiger partial charge in [-0.3, -0.25) is 0 Å². The van der Waals surface area contributed by atoms with Crippen LogP contribution in [0.2, 0.25) is 0 Å². The fourth-order valence-corrected chi connectivity index (χ4v) is 2.38. The van der Waals surface area contributed by atoms with Crippen molar-refractivity contribution < 1.29 is 19.4 Å². The number of carbonyl (C=O) groups is 1. The van der Waals surface area contributed by atoms with E-state index in [9.17, 15) is 4.79 Å². The van der Waals surface area contributed by atoms with Gasteiger partial charge in [-0.25, -0.2) is 4.79 Å². The molecule has 2 rings (SSSR count). The van der Waals surface area contributed by atoms with Gasteiger partial charge in [-0.15, -0.1) is 0 Å². The van der Waals surface area contributed by atoms with Crippen molar-refractivity contribution in [1.29, 1.82) is 0 Å². The summed E-state index contributed by atoms with van der Waals surface area (Å²) in [5.41, 5.74) is 2.87. The van der Waals surface area contributed by atoms with Crippen LogP contribution in [0, 0.1) is 0 Å². The van der Waals surface area contributed by atoms with E-state index in [1.165, 1.54) is 6.08 Å². The molecule has 2 aromatic carbocycles. The zero-order valence-corrected chi connectivity index (χ0v) is 14.4. The molecule has 4 nitrogen and oxygen atoms in total. The van der Waals surface area contributed by atoms with Crippen molar-refractivity contribution in [2.24, 2.45) is 0 Å². The smallest absolute Gasteiger partial charge is 0.328 e. The molecule has 0 saturated carbocycles. The Balaban J connectivity index is 2.37. The summed E-state index contributed by atoms with van der Waals surface area (Å²) in [7, 11) is 0. The van der Waals surface area contributed by atoms with Gasteiger partial charge in [0.25, 0.3) is 0 Å². The van der Waals surface area contributed by atoms with E-state index >= 15 is 0 Å². The van der Waals surface area contributed by atoms with Crippen molar-refractivity contribution in [3.05, 3.63) is 77.9 Å². The highest BCUT2D eigenvalue weighted by molar-refractivity contribution is 5.84. The summed E-state index contributed by atoms with van der Waals surface area (Å²) in [6, 6.07) is 15.5. The summed E-state index contributed by atoms with van der Waals surface area (Å²) in [5.74, 6) is 0.630. The number of hydrogen-bond donors (Lipinski definition) is 1. The fourth-order valence-electron chi connectivity index (χ4n) is 2.38. The monoisotopic (exact) mass is 338 g/mol. The van der Waals surface area contributed by atoms with Gasteiger partial charge in [0.2, 0.25) is 0 Å². The lowest BCUT2D eigenvalue weighted by Crippen LogP contribution is -1.94. The van der Waals surface area contributed by atoms with E-state index in [-0.39, 0.29) is 0 Å². The third-order valence-electron chi connectivity index (χ3n) is 3.45. The molecule has 0 aromatic heterocycles. The molecule has 0 amide bonds. The summed E-state index contributed by atoms with van der Waals surface area (Å²) in [4.78, 5) is 10.7. The van der Waals surface area contributed by atoms with Crippen LogP contribution in [0.15, 0.2) is 66.8 Å². The molecule has 0 aliphatic carbocycles. The molecule has 130 valence electrons. The van der Waals surface area contributed by atoms with Crippen LogP contribution in [0.4, 0.5) is 0 Å². The molecule has 25 heavy (non-hydrogen) atoms. The second-order valence-corrected chi connectivity index (χ2v) is 5.19. The number of allylic oxidation sites excluding steroid dienone is 2. The van der Waals surface area contributed by atoms with E-state index in [2.05, 4.69) is 0 Å². The number of carboxylic acids is 1. The first-order chi connectivity index (χ1) is 12.1. The van der Waals surface area contributed by atoms with Crippen LogP contribution < -0.4 is 9.47 Å². The Morgan fingerprint density at radius 2 is 1.32 bits per heavy atom. The lowest BCUT2D eigenvalue weighted by molar-refractivity contribution is -0.131. The van der Waals surface area contributed by atoms with Crippen molar-refractivity contribution in [3.63, 3.8) is 0 Å². The van der Waals surface area contributed by atoms with Crippen molar-refractivity contribution in [2.45, 2.75) is 13.8 Å². The maximum absolute atomic E-state index is 10.7.